The Hall–Kier alpha value is -3.53. The van der Waals surface area contributed by atoms with Gasteiger partial charge in [-0.1, -0.05) is 5.10 Å². The highest BCUT2D eigenvalue weighted by atomic mass is 32.2. The van der Waals surface area contributed by atoms with E-state index in [-0.39, 0.29) is 22.4 Å². The average Bonchev–Trinajstić information content (AvgIpc) is 3.21. The second-order valence-electron chi connectivity index (χ2n) is 6.55. The minimum atomic E-state index is -3.38. The van der Waals surface area contributed by atoms with Gasteiger partial charge in [0, 0.05) is 11.1 Å². The molecule has 9 nitrogen and oxygen atoms in total. The second kappa shape index (κ2) is 8.46. The molecule has 0 aliphatic heterocycles. The lowest BCUT2D eigenvalue weighted by molar-refractivity contribution is 0.0600. The molecule has 0 saturated heterocycles. The fourth-order valence-corrected chi connectivity index (χ4v) is 3.55. The minimum Gasteiger partial charge on any atom is -0.465 e. The molecule has 1 N–H and O–H groups in total. The van der Waals surface area contributed by atoms with Gasteiger partial charge in [-0.05, 0) is 62.4 Å². The van der Waals surface area contributed by atoms with Gasteiger partial charge in [0.2, 0.25) is 5.89 Å². The number of aromatic nitrogens is 2. The first-order chi connectivity index (χ1) is 14.2. The van der Waals surface area contributed by atoms with Crippen LogP contribution in [0.15, 0.2) is 57.8 Å². The molecule has 0 radical (unpaired) electrons. The van der Waals surface area contributed by atoms with Crippen LogP contribution in [-0.4, -0.2) is 42.9 Å². The predicted octanol–water partition coefficient (Wildman–Crippen LogP) is 2.96. The third-order valence-corrected chi connectivity index (χ3v) is 6.43. The molecule has 10 heteroatoms. The van der Waals surface area contributed by atoms with Crippen molar-refractivity contribution in [2.24, 2.45) is 0 Å². The van der Waals surface area contributed by atoms with Gasteiger partial charge < -0.3 is 9.15 Å². The number of carbonyl (C=O) groups excluding carboxylic acids is 2. The third kappa shape index (κ3) is 4.38. The Bertz CT molecular complexity index is 1170. The quantitative estimate of drug-likeness (QED) is 0.592. The van der Waals surface area contributed by atoms with Crippen LogP contribution in [0.2, 0.25) is 0 Å². The molecule has 30 heavy (non-hydrogen) atoms. The summed E-state index contributed by atoms with van der Waals surface area (Å²) >= 11 is 0. The number of hydrogen-bond acceptors (Lipinski definition) is 8. The molecule has 0 bridgehead atoms. The molecular formula is C20H19N3O6S. The number of rotatable bonds is 6. The maximum atomic E-state index is 12.3. The van der Waals surface area contributed by atoms with Gasteiger partial charge in [-0.25, -0.2) is 13.2 Å². The van der Waals surface area contributed by atoms with E-state index >= 15 is 0 Å². The maximum Gasteiger partial charge on any atom is 0.337 e. The first kappa shape index (κ1) is 21.2. The minimum absolute atomic E-state index is 0.120. The molecule has 0 spiro atoms. The lowest BCUT2D eigenvalue weighted by atomic mass is 10.1. The molecule has 156 valence electrons. The van der Waals surface area contributed by atoms with Crippen molar-refractivity contribution in [1.82, 2.24) is 10.2 Å². The molecule has 0 fully saturated rings. The first-order valence-electron chi connectivity index (χ1n) is 8.90. The van der Waals surface area contributed by atoms with Crippen molar-refractivity contribution in [3.8, 4) is 11.5 Å². The van der Waals surface area contributed by atoms with E-state index in [1.807, 2.05) is 0 Å². The molecule has 0 saturated carbocycles. The summed E-state index contributed by atoms with van der Waals surface area (Å²) < 4.78 is 34.4. The Morgan fingerprint density at radius 1 is 0.967 bits per heavy atom. The average molecular weight is 429 g/mol. The highest BCUT2D eigenvalue weighted by molar-refractivity contribution is 7.92. The number of sulfone groups is 1. The highest BCUT2D eigenvalue weighted by Gasteiger charge is 2.20. The summed E-state index contributed by atoms with van der Waals surface area (Å²) in [5.74, 6) is -0.879. The SMILES string of the molecule is COC(=O)c1ccc(C(=O)Nc2nnc(-c3ccc(S(=O)(=O)C(C)C)cc3)o2)cc1. The van der Waals surface area contributed by atoms with Crippen molar-refractivity contribution in [3.63, 3.8) is 0 Å². The summed E-state index contributed by atoms with van der Waals surface area (Å²) in [6, 6.07) is 11.8. The molecule has 1 heterocycles. The van der Waals surface area contributed by atoms with Crippen molar-refractivity contribution in [2.75, 3.05) is 12.4 Å². The molecule has 0 unspecified atom stereocenters. The summed E-state index contributed by atoms with van der Waals surface area (Å²) in [7, 11) is -2.11. The molecule has 1 amide bonds. The Kier molecular flexibility index (Phi) is 5.97. The van der Waals surface area contributed by atoms with E-state index in [1.165, 1.54) is 43.5 Å². The van der Waals surface area contributed by atoms with E-state index < -0.39 is 27.0 Å². The van der Waals surface area contributed by atoms with E-state index in [9.17, 15) is 18.0 Å². The molecule has 3 rings (SSSR count). The lowest BCUT2D eigenvalue weighted by Crippen LogP contribution is -2.13. The fourth-order valence-electron chi connectivity index (χ4n) is 2.49. The molecule has 1 aromatic heterocycles. The van der Waals surface area contributed by atoms with E-state index in [4.69, 9.17) is 4.42 Å². The topological polar surface area (TPSA) is 128 Å². The number of nitrogens with zero attached hydrogens (tertiary/aromatic N) is 2. The first-order valence-corrected chi connectivity index (χ1v) is 10.4. The molecular weight excluding hydrogens is 410 g/mol. The largest absolute Gasteiger partial charge is 0.465 e. The van der Waals surface area contributed by atoms with Crippen molar-refractivity contribution in [2.45, 2.75) is 24.0 Å². The Labute approximate surface area is 173 Å². The summed E-state index contributed by atoms with van der Waals surface area (Å²) in [5.41, 5.74) is 1.11. The zero-order valence-electron chi connectivity index (χ0n) is 16.4. The van der Waals surface area contributed by atoms with Crippen LogP contribution >= 0.6 is 0 Å². The monoisotopic (exact) mass is 429 g/mol. The van der Waals surface area contributed by atoms with Crippen LogP contribution in [0.4, 0.5) is 6.01 Å². The van der Waals surface area contributed by atoms with Crippen LogP contribution in [0.3, 0.4) is 0 Å². The summed E-state index contributed by atoms with van der Waals surface area (Å²) in [4.78, 5) is 23.9. The second-order valence-corrected chi connectivity index (χ2v) is 9.06. The number of nitrogens with one attached hydrogen (secondary N) is 1. The number of ether oxygens (including phenoxy) is 1. The Morgan fingerprint density at radius 3 is 2.13 bits per heavy atom. The Balaban J connectivity index is 1.72. The number of carbonyl (C=O) groups is 2. The fraction of sp³-hybridized carbons (Fsp3) is 0.200. The van der Waals surface area contributed by atoms with Crippen molar-refractivity contribution in [3.05, 3.63) is 59.7 Å². The van der Waals surface area contributed by atoms with E-state index in [2.05, 4.69) is 20.3 Å². The van der Waals surface area contributed by atoms with Crippen molar-refractivity contribution in [1.29, 1.82) is 0 Å². The molecule has 0 aliphatic carbocycles. The zero-order valence-corrected chi connectivity index (χ0v) is 17.3. The van der Waals surface area contributed by atoms with Gasteiger partial charge in [0.25, 0.3) is 5.91 Å². The van der Waals surface area contributed by atoms with Gasteiger partial charge >= 0.3 is 12.0 Å². The number of esters is 1. The Morgan fingerprint density at radius 2 is 1.57 bits per heavy atom. The van der Waals surface area contributed by atoms with Gasteiger partial charge in [-0.3, -0.25) is 10.1 Å². The molecule has 0 atom stereocenters. The van der Waals surface area contributed by atoms with Crippen LogP contribution in [0.1, 0.15) is 34.6 Å². The zero-order chi connectivity index (χ0) is 21.9. The number of amides is 1. The third-order valence-electron chi connectivity index (χ3n) is 4.26. The van der Waals surface area contributed by atoms with Crippen LogP contribution in [-0.2, 0) is 14.6 Å². The van der Waals surface area contributed by atoms with Gasteiger partial charge in [0.05, 0.1) is 22.8 Å². The van der Waals surface area contributed by atoms with Crippen LogP contribution < -0.4 is 5.32 Å². The van der Waals surface area contributed by atoms with Gasteiger partial charge in [0.1, 0.15) is 0 Å². The van der Waals surface area contributed by atoms with Crippen LogP contribution in [0.5, 0.6) is 0 Å². The number of methoxy groups -OCH3 is 1. The summed E-state index contributed by atoms with van der Waals surface area (Å²) in [6.07, 6.45) is 0. The standard InChI is InChI=1S/C20H19N3O6S/c1-12(2)30(26,27)16-10-8-14(9-11-16)18-22-23-20(29-18)21-17(24)13-4-6-15(7-5-13)19(25)28-3/h4-12H,1-3H3,(H,21,23,24). The van der Waals surface area contributed by atoms with Crippen LogP contribution in [0.25, 0.3) is 11.5 Å². The van der Waals surface area contributed by atoms with E-state index in [0.29, 0.717) is 11.1 Å². The summed E-state index contributed by atoms with van der Waals surface area (Å²) in [6.45, 7) is 3.22. The van der Waals surface area contributed by atoms with E-state index in [1.54, 1.807) is 26.0 Å². The van der Waals surface area contributed by atoms with E-state index in [0.717, 1.165) is 0 Å². The predicted molar refractivity (Wildman–Crippen MR) is 108 cm³/mol. The molecule has 3 aromatic rings. The van der Waals surface area contributed by atoms with Gasteiger partial charge in [0.15, 0.2) is 9.84 Å². The van der Waals surface area contributed by atoms with Crippen LogP contribution in [0, 0.1) is 0 Å². The summed E-state index contributed by atoms with van der Waals surface area (Å²) in [5, 5.41) is 9.58. The maximum absolute atomic E-state index is 12.3. The van der Waals surface area contributed by atoms with Crippen molar-refractivity contribution >= 4 is 27.7 Å². The number of hydrogen-bond donors (Lipinski definition) is 1. The molecule has 0 aliphatic rings. The van der Waals surface area contributed by atoms with Gasteiger partial charge in [-0.2, -0.15) is 0 Å². The van der Waals surface area contributed by atoms with Gasteiger partial charge in [-0.15, -0.1) is 5.10 Å². The number of anilines is 1. The molecule has 2 aromatic carbocycles. The smallest absolute Gasteiger partial charge is 0.337 e. The normalized spacial score (nSPS) is 11.3. The van der Waals surface area contributed by atoms with Crippen molar-refractivity contribution < 1.29 is 27.2 Å². The highest BCUT2D eigenvalue weighted by Crippen LogP contribution is 2.23. The lowest BCUT2D eigenvalue weighted by Gasteiger charge is -2.07. The number of benzene rings is 2.